The van der Waals surface area contributed by atoms with E-state index in [1.54, 1.807) is 24.8 Å². The summed E-state index contributed by atoms with van der Waals surface area (Å²) in [6.45, 7) is 7.36. The summed E-state index contributed by atoms with van der Waals surface area (Å²) in [5.74, 6) is -0.180. The van der Waals surface area contributed by atoms with Gasteiger partial charge in [-0.05, 0) is 56.4 Å². The molecule has 2 N–H and O–H groups in total. The predicted octanol–water partition coefficient (Wildman–Crippen LogP) is 1.98. The minimum absolute atomic E-state index is 0.0133. The van der Waals surface area contributed by atoms with Crippen molar-refractivity contribution in [1.29, 1.82) is 0 Å². The first-order valence-corrected chi connectivity index (χ1v) is 9.83. The summed E-state index contributed by atoms with van der Waals surface area (Å²) >= 11 is 0. The van der Waals surface area contributed by atoms with Crippen molar-refractivity contribution in [3.63, 3.8) is 0 Å². The lowest BCUT2D eigenvalue weighted by Crippen LogP contribution is -2.38. The fourth-order valence-electron chi connectivity index (χ4n) is 3.01. The van der Waals surface area contributed by atoms with Crippen molar-refractivity contribution in [2.24, 2.45) is 5.14 Å². The molecule has 24 heavy (non-hydrogen) atoms. The molecule has 1 aromatic carbocycles. The number of primary sulfonamides is 1. The molecule has 0 aromatic heterocycles. The highest BCUT2D eigenvalue weighted by atomic mass is 32.2. The molecule has 0 radical (unpaired) electrons. The first kappa shape index (κ1) is 18.9. The Kier molecular flexibility index (Phi) is 6.01. The number of rotatable bonds is 6. The van der Waals surface area contributed by atoms with Gasteiger partial charge in [0.05, 0.1) is 11.0 Å². The van der Waals surface area contributed by atoms with Gasteiger partial charge in [-0.2, -0.15) is 0 Å². The quantitative estimate of drug-likeness (QED) is 0.846. The number of carbonyl (C=O) groups is 1. The Balaban J connectivity index is 2.33. The zero-order valence-electron chi connectivity index (χ0n) is 14.5. The van der Waals surface area contributed by atoms with Gasteiger partial charge < -0.3 is 9.64 Å². The zero-order chi connectivity index (χ0) is 17.9. The fourth-order valence-corrected chi connectivity index (χ4v) is 3.89. The van der Waals surface area contributed by atoms with Gasteiger partial charge in [0.25, 0.3) is 5.91 Å². The number of amides is 1. The van der Waals surface area contributed by atoms with Gasteiger partial charge in [0.1, 0.15) is 0 Å². The normalized spacial score (nSPS) is 17.9. The van der Waals surface area contributed by atoms with Gasteiger partial charge in [-0.25, -0.2) is 13.6 Å². The van der Waals surface area contributed by atoms with E-state index in [0.717, 1.165) is 31.4 Å². The van der Waals surface area contributed by atoms with E-state index >= 15 is 0 Å². The molecule has 1 aliphatic rings. The monoisotopic (exact) mass is 354 g/mol. The third kappa shape index (κ3) is 4.34. The number of hydrogen-bond acceptors (Lipinski definition) is 4. The summed E-state index contributed by atoms with van der Waals surface area (Å²) in [5, 5.41) is 5.29. The summed E-state index contributed by atoms with van der Waals surface area (Å²) in [4.78, 5) is 14.7. The van der Waals surface area contributed by atoms with E-state index in [0.29, 0.717) is 24.2 Å². The van der Waals surface area contributed by atoms with Crippen LogP contribution in [0.25, 0.3) is 0 Å². The Bertz CT molecular complexity index is 710. The molecule has 1 atom stereocenters. The van der Waals surface area contributed by atoms with E-state index in [9.17, 15) is 13.2 Å². The van der Waals surface area contributed by atoms with E-state index < -0.39 is 10.0 Å². The summed E-state index contributed by atoms with van der Waals surface area (Å²) in [5.41, 5.74) is 1.67. The van der Waals surface area contributed by atoms with E-state index in [4.69, 9.17) is 9.88 Å². The van der Waals surface area contributed by atoms with Crippen molar-refractivity contribution in [1.82, 2.24) is 4.90 Å². The third-order valence-corrected chi connectivity index (χ3v) is 5.44. The number of ether oxygens (including phenoxy) is 1. The second kappa shape index (κ2) is 7.63. The van der Waals surface area contributed by atoms with Crippen molar-refractivity contribution in [2.75, 3.05) is 19.7 Å². The Morgan fingerprint density at radius 3 is 2.62 bits per heavy atom. The Morgan fingerprint density at radius 1 is 1.38 bits per heavy atom. The minimum atomic E-state index is -3.87. The Labute approximate surface area is 144 Å². The molecule has 0 spiro atoms. The van der Waals surface area contributed by atoms with Crippen LogP contribution in [0.2, 0.25) is 0 Å². The van der Waals surface area contributed by atoms with Gasteiger partial charge >= 0.3 is 0 Å². The number of nitrogens with zero attached hydrogens (tertiary/aromatic N) is 1. The molecule has 0 bridgehead atoms. The van der Waals surface area contributed by atoms with Crippen molar-refractivity contribution in [3.8, 4) is 0 Å². The molecule has 1 amide bonds. The van der Waals surface area contributed by atoms with E-state index in [2.05, 4.69) is 0 Å². The molecule has 1 fully saturated rings. The lowest BCUT2D eigenvalue weighted by atomic mass is 10.0. The van der Waals surface area contributed by atoms with Crippen molar-refractivity contribution in [2.45, 2.75) is 51.0 Å². The topological polar surface area (TPSA) is 89.7 Å². The Morgan fingerprint density at radius 2 is 2.08 bits per heavy atom. The maximum Gasteiger partial charge on any atom is 0.253 e. The average molecular weight is 354 g/mol. The van der Waals surface area contributed by atoms with Gasteiger partial charge in [-0.3, -0.25) is 4.79 Å². The van der Waals surface area contributed by atoms with Crippen LogP contribution in [0.5, 0.6) is 0 Å². The summed E-state index contributed by atoms with van der Waals surface area (Å²) < 4.78 is 29.2. The SMILES string of the molecule is CCCN(C[C@@H]1CCCO1)C(=O)c1cc(C)c(C)c(S(N)(=O)=O)c1. The molecule has 0 unspecified atom stereocenters. The molecule has 6 nitrogen and oxygen atoms in total. The lowest BCUT2D eigenvalue weighted by Gasteiger charge is -2.25. The van der Waals surface area contributed by atoms with Crippen LogP contribution in [0.3, 0.4) is 0 Å². The lowest BCUT2D eigenvalue weighted by molar-refractivity contribution is 0.0526. The standard InChI is InChI=1S/C17H26N2O4S/c1-4-7-19(11-15-6-5-8-23-15)17(20)14-9-12(2)13(3)16(10-14)24(18,21)22/h9-10,15H,4-8,11H2,1-3H3,(H2,18,21,22)/t15-/m0/s1. The van der Waals surface area contributed by atoms with Crippen LogP contribution in [0.1, 0.15) is 47.7 Å². The van der Waals surface area contributed by atoms with E-state index in [1.165, 1.54) is 6.07 Å². The summed E-state index contributed by atoms with van der Waals surface area (Å²) in [7, 11) is -3.87. The third-order valence-electron chi connectivity index (χ3n) is 4.40. The second-order valence-corrected chi connectivity index (χ2v) is 7.88. The van der Waals surface area contributed by atoms with Gasteiger partial charge in [0, 0.05) is 25.3 Å². The van der Waals surface area contributed by atoms with Gasteiger partial charge in [0.2, 0.25) is 10.0 Å². The molecule has 2 rings (SSSR count). The van der Waals surface area contributed by atoms with Crippen LogP contribution in [-0.2, 0) is 14.8 Å². The highest BCUT2D eigenvalue weighted by molar-refractivity contribution is 7.89. The van der Waals surface area contributed by atoms with Crippen molar-refractivity contribution in [3.05, 3.63) is 28.8 Å². The van der Waals surface area contributed by atoms with Crippen LogP contribution < -0.4 is 5.14 Å². The number of hydrogen-bond donors (Lipinski definition) is 1. The van der Waals surface area contributed by atoms with Crippen LogP contribution in [0, 0.1) is 13.8 Å². The van der Waals surface area contributed by atoms with Gasteiger partial charge in [0.15, 0.2) is 0 Å². The van der Waals surface area contributed by atoms with Crippen LogP contribution in [0.15, 0.2) is 17.0 Å². The van der Waals surface area contributed by atoms with Crippen molar-refractivity contribution >= 4 is 15.9 Å². The van der Waals surface area contributed by atoms with Crippen LogP contribution >= 0.6 is 0 Å². The molecule has 134 valence electrons. The zero-order valence-corrected chi connectivity index (χ0v) is 15.4. The van der Waals surface area contributed by atoms with Gasteiger partial charge in [-0.15, -0.1) is 0 Å². The molecular weight excluding hydrogens is 328 g/mol. The van der Waals surface area contributed by atoms with E-state index in [-0.39, 0.29) is 16.9 Å². The molecular formula is C17H26N2O4S. The molecule has 7 heteroatoms. The van der Waals surface area contributed by atoms with Crippen LogP contribution in [0.4, 0.5) is 0 Å². The molecule has 0 aliphatic carbocycles. The molecule has 1 heterocycles. The highest BCUT2D eigenvalue weighted by Crippen LogP contribution is 2.22. The number of nitrogens with two attached hydrogens (primary N) is 1. The number of aryl methyl sites for hydroxylation is 1. The summed E-state index contributed by atoms with van der Waals surface area (Å²) in [6.07, 6.45) is 2.84. The maximum absolute atomic E-state index is 12.9. The van der Waals surface area contributed by atoms with E-state index in [1.807, 2.05) is 6.92 Å². The van der Waals surface area contributed by atoms with Crippen molar-refractivity contribution < 1.29 is 17.9 Å². The predicted molar refractivity (Wildman–Crippen MR) is 92.5 cm³/mol. The summed E-state index contributed by atoms with van der Waals surface area (Å²) in [6, 6.07) is 3.11. The fraction of sp³-hybridized carbons (Fsp3) is 0.588. The molecule has 0 saturated carbocycles. The molecule has 1 aromatic rings. The average Bonchev–Trinajstić information content (AvgIpc) is 3.00. The largest absolute Gasteiger partial charge is 0.376 e. The first-order chi connectivity index (χ1) is 11.2. The van der Waals surface area contributed by atoms with Gasteiger partial charge in [-0.1, -0.05) is 6.92 Å². The first-order valence-electron chi connectivity index (χ1n) is 8.29. The number of carbonyl (C=O) groups excluding carboxylic acids is 1. The second-order valence-electron chi connectivity index (χ2n) is 6.35. The minimum Gasteiger partial charge on any atom is -0.376 e. The molecule has 1 saturated heterocycles. The smallest absolute Gasteiger partial charge is 0.253 e. The Hall–Kier alpha value is -1.44. The molecule has 1 aliphatic heterocycles. The maximum atomic E-state index is 12.9. The number of benzene rings is 1. The van der Waals surface area contributed by atoms with Crippen LogP contribution in [-0.4, -0.2) is 45.0 Å². The number of sulfonamides is 1. The highest BCUT2D eigenvalue weighted by Gasteiger charge is 2.25.